The summed E-state index contributed by atoms with van der Waals surface area (Å²) in [6, 6.07) is 0.117. The van der Waals surface area contributed by atoms with Crippen molar-refractivity contribution in [2.24, 2.45) is 0 Å². The lowest BCUT2D eigenvalue weighted by atomic mass is 9.95. The molecular formula is C15H24N2O. The fourth-order valence-electron chi connectivity index (χ4n) is 2.38. The highest BCUT2D eigenvalue weighted by atomic mass is 16.1. The topological polar surface area (TPSA) is 34.9 Å². The van der Waals surface area contributed by atoms with Crippen molar-refractivity contribution in [3.05, 3.63) is 34.0 Å². The molecule has 1 rings (SSSR count). The van der Waals surface area contributed by atoms with Gasteiger partial charge in [0, 0.05) is 17.3 Å². The number of nitrogens with zero attached hydrogens (tertiary/aromatic N) is 2. The quantitative estimate of drug-likeness (QED) is 0.816. The van der Waals surface area contributed by atoms with Gasteiger partial charge in [-0.05, 0) is 38.7 Å². The molecule has 0 bridgehead atoms. The van der Waals surface area contributed by atoms with Gasteiger partial charge in [-0.3, -0.25) is 4.57 Å². The predicted molar refractivity (Wildman–Crippen MR) is 77.1 cm³/mol. The summed E-state index contributed by atoms with van der Waals surface area (Å²) >= 11 is 0. The molecule has 1 heterocycles. The van der Waals surface area contributed by atoms with E-state index in [4.69, 9.17) is 0 Å². The third kappa shape index (κ3) is 2.55. The van der Waals surface area contributed by atoms with Gasteiger partial charge in [0.2, 0.25) is 0 Å². The van der Waals surface area contributed by atoms with E-state index in [1.165, 1.54) is 0 Å². The fourth-order valence-corrected chi connectivity index (χ4v) is 2.38. The summed E-state index contributed by atoms with van der Waals surface area (Å²) in [5.41, 5.74) is 3.84. The first-order valence-corrected chi connectivity index (χ1v) is 6.62. The lowest BCUT2D eigenvalue weighted by molar-refractivity contribution is 0.516. The zero-order chi connectivity index (χ0) is 14.0. The summed E-state index contributed by atoms with van der Waals surface area (Å²) in [6.45, 7) is 16.3. The second kappa shape index (κ2) is 5.51. The molecule has 0 aliphatic rings. The maximum Gasteiger partial charge on any atom is 0.348 e. The van der Waals surface area contributed by atoms with Crippen LogP contribution in [0.1, 0.15) is 70.5 Å². The Morgan fingerprint density at radius 1 is 1.33 bits per heavy atom. The van der Waals surface area contributed by atoms with Crippen LogP contribution in [0.15, 0.2) is 11.4 Å². The second-order valence-electron chi connectivity index (χ2n) is 5.35. The van der Waals surface area contributed by atoms with Crippen molar-refractivity contribution in [1.29, 1.82) is 0 Å². The Bertz CT molecular complexity index is 510. The van der Waals surface area contributed by atoms with E-state index in [1.807, 2.05) is 27.7 Å². The molecule has 0 saturated heterocycles. The van der Waals surface area contributed by atoms with Gasteiger partial charge in [0.1, 0.15) is 0 Å². The zero-order valence-corrected chi connectivity index (χ0v) is 12.4. The Labute approximate surface area is 110 Å². The molecule has 0 aromatic carbocycles. The number of hydrogen-bond donors (Lipinski definition) is 0. The van der Waals surface area contributed by atoms with E-state index in [0.29, 0.717) is 0 Å². The van der Waals surface area contributed by atoms with E-state index in [1.54, 1.807) is 4.57 Å². The van der Waals surface area contributed by atoms with Crippen molar-refractivity contribution < 1.29 is 0 Å². The lowest BCUT2D eigenvalue weighted by Gasteiger charge is -2.23. The molecule has 100 valence electrons. The minimum Gasteiger partial charge on any atom is -0.293 e. The first kappa shape index (κ1) is 14.7. The standard InChI is InChI=1S/C15H24N2O/c1-8-12-13(9(2)3)14(10(4)5)17(11(6)7)15(18)16-12/h10-11H,2,8H2,1,3-7H3. The number of allylic oxidation sites excluding steroid dienone is 1. The van der Waals surface area contributed by atoms with Gasteiger partial charge in [0.25, 0.3) is 0 Å². The normalized spacial score (nSPS) is 11.3. The van der Waals surface area contributed by atoms with E-state index >= 15 is 0 Å². The van der Waals surface area contributed by atoms with E-state index in [9.17, 15) is 4.79 Å². The summed E-state index contributed by atoms with van der Waals surface area (Å²) in [4.78, 5) is 16.4. The van der Waals surface area contributed by atoms with Crippen LogP contribution < -0.4 is 5.69 Å². The third-order valence-electron chi connectivity index (χ3n) is 3.07. The first-order valence-electron chi connectivity index (χ1n) is 6.62. The van der Waals surface area contributed by atoms with Crippen LogP contribution in [0.2, 0.25) is 0 Å². The predicted octanol–water partition coefficient (Wildman–Crippen LogP) is 3.54. The highest BCUT2D eigenvalue weighted by Gasteiger charge is 2.20. The van der Waals surface area contributed by atoms with Crippen LogP contribution in [0.25, 0.3) is 5.57 Å². The van der Waals surface area contributed by atoms with Crippen LogP contribution in [-0.2, 0) is 6.42 Å². The van der Waals surface area contributed by atoms with Gasteiger partial charge in [-0.25, -0.2) is 4.79 Å². The molecule has 3 heteroatoms. The van der Waals surface area contributed by atoms with Gasteiger partial charge in [-0.2, -0.15) is 4.98 Å². The Kier molecular flexibility index (Phi) is 4.49. The monoisotopic (exact) mass is 248 g/mol. The minimum absolute atomic E-state index is 0.117. The Hall–Kier alpha value is -1.38. The lowest BCUT2D eigenvalue weighted by Crippen LogP contribution is -2.31. The van der Waals surface area contributed by atoms with E-state index < -0.39 is 0 Å². The molecule has 18 heavy (non-hydrogen) atoms. The summed E-state index contributed by atoms with van der Waals surface area (Å²) in [5, 5.41) is 0. The smallest absolute Gasteiger partial charge is 0.293 e. The van der Waals surface area contributed by atoms with Gasteiger partial charge >= 0.3 is 5.69 Å². The van der Waals surface area contributed by atoms with Crippen LogP contribution in [0.4, 0.5) is 0 Å². The fraction of sp³-hybridized carbons (Fsp3) is 0.600. The molecule has 0 aliphatic carbocycles. The summed E-state index contributed by atoms with van der Waals surface area (Å²) in [7, 11) is 0. The number of rotatable bonds is 4. The van der Waals surface area contributed by atoms with Crippen LogP contribution in [-0.4, -0.2) is 9.55 Å². The van der Waals surface area contributed by atoms with Crippen LogP contribution in [0.3, 0.4) is 0 Å². The molecule has 0 N–H and O–H groups in total. The van der Waals surface area contributed by atoms with Gasteiger partial charge < -0.3 is 0 Å². The molecule has 0 radical (unpaired) electrons. The summed E-state index contributed by atoms with van der Waals surface area (Å²) < 4.78 is 1.80. The zero-order valence-electron chi connectivity index (χ0n) is 12.4. The van der Waals surface area contributed by atoms with Gasteiger partial charge in [-0.1, -0.05) is 27.4 Å². The Morgan fingerprint density at radius 2 is 1.89 bits per heavy atom. The van der Waals surface area contributed by atoms with Gasteiger partial charge in [0.05, 0.1) is 5.69 Å². The maximum absolute atomic E-state index is 12.2. The molecule has 0 unspecified atom stereocenters. The average Bonchev–Trinajstić information content (AvgIpc) is 2.25. The Balaban J connectivity index is 3.81. The van der Waals surface area contributed by atoms with Crippen LogP contribution in [0, 0.1) is 0 Å². The van der Waals surface area contributed by atoms with Crippen molar-refractivity contribution in [3.8, 4) is 0 Å². The van der Waals surface area contributed by atoms with Crippen LogP contribution >= 0.6 is 0 Å². The van der Waals surface area contributed by atoms with E-state index in [2.05, 4.69) is 25.4 Å². The van der Waals surface area contributed by atoms with Crippen molar-refractivity contribution in [3.63, 3.8) is 0 Å². The van der Waals surface area contributed by atoms with Crippen molar-refractivity contribution in [2.45, 2.75) is 59.9 Å². The number of hydrogen-bond acceptors (Lipinski definition) is 2. The minimum atomic E-state index is -0.143. The second-order valence-corrected chi connectivity index (χ2v) is 5.35. The number of aryl methyl sites for hydroxylation is 1. The molecule has 0 saturated carbocycles. The molecule has 3 nitrogen and oxygen atoms in total. The molecular weight excluding hydrogens is 224 g/mol. The first-order chi connectivity index (χ1) is 8.31. The highest BCUT2D eigenvalue weighted by molar-refractivity contribution is 5.66. The highest BCUT2D eigenvalue weighted by Crippen LogP contribution is 2.27. The third-order valence-corrected chi connectivity index (χ3v) is 3.07. The van der Waals surface area contributed by atoms with E-state index in [0.717, 1.165) is 28.9 Å². The number of aromatic nitrogens is 2. The molecule has 1 aromatic heterocycles. The summed E-state index contributed by atoms with van der Waals surface area (Å²) in [6.07, 6.45) is 0.760. The van der Waals surface area contributed by atoms with Crippen molar-refractivity contribution >= 4 is 5.57 Å². The molecule has 1 aromatic rings. The van der Waals surface area contributed by atoms with Gasteiger partial charge in [-0.15, -0.1) is 0 Å². The SMILES string of the molecule is C=C(C)c1c(CC)nc(=O)n(C(C)C)c1C(C)C. The largest absolute Gasteiger partial charge is 0.348 e. The average molecular weight is 248 g/mol. The summed E-state index contributed by atoms with van der Waals surface area (Å²) in [5.74, 6) is 0.278. The maximum atomic E-state index is 12.2. The van der Waals surface area contributed by atoms with Crippen molar-refractivity contribution in [1.82, 2.24) is 9.55 Å². The Morgan fingerprint density at radius 3 is 2.22 bits per heavy atom. The van der Waals surface area contributed by atoms with Gasteiger partial charge in [0.15, 0.2) is 0 Å². The molecule has 0 aliphatic heterocycles. The van der Waals surface area contributed by atoms with E-state index in [-0.39, 0.29) is 17.6 Å². The molecule has 0 spiro atoms. The van der Waals surface area contributed by atoms with Crippen molar-refractivity contribution in [2.75, 3.05) is 0 Å². The van der Waals surface area contributed by atoms with Crippen LogP contribution in [0.5, 0.6) is 0 Å². The molecule has 0 atom stereocenters. The molecule has 0 amide bonds. The molecule has 0 fully saturated rings.